The van der Waals surface area contributed by atoms with Crippen LogP contribution in [0, 0.1) is 17.5 Å². The summed E-state index contributed by atoms with van der Waals surface area (Å²) < 4.78 is 42.7. The molecule has 0 heterocycles. The zero-order valence-electron chi connectivity index (χ0n) is 15.2. The lowest BCUT2D eigenvalue weighted by Crippen LogP contribution is -2.15. The Morgan fingerprint density at radius 1 is 0.852 bits per heavy atom. The topological polar surface area (TPSA) is 0 Å². The highest BCUT2D eigenvalue weighted by Crippen LogP contribution is 2.37. The third-order valence-electron chi connectivity index (χ3n) is 5.65. The standard InChI is InChI=1S/C24H21F3/c1-2-15-6-8-16(9-7-15)17-10-12-19-18(14-17)11-13-21(23(19)26)20-4-3-5-22(25)24(20)27/h3-9,11,13,17H,2,10,12,14H2,1H3. The van der Waals surface area contributed by atoms with Gasteiger partial charge in [-0.1, -0.05) is 55.5 Å². The summed E-state index contributed by atoms with van der Waals surface area (Å²) in [6, 6.07) is 16.0. The van der Waals surface area contributed by atoms with Gasteiger partial charge in [-0.25, -0.2) is 13.2 Å². The smallest absolute Gasteiger partial charge is 0.166 e. The Kier molecular flexibility index (Phi) is 4.77. The lowest BCUT2D eigenvalue weighted by atomic mass is 9.79. The first-order valence-corrected chi connectivity index (χ1v) is 9.42. The van der Waals surface area contributed by atoms with Gasteiger partial charge in [0.05, 0.1) is 0 Å². The molecule has 1 aliphatic rings. The molecule has 3 aromatic rings. The van der Waals surface area contributed by atoms with E-state index in [0.29, 0.717) is 17.9 Å². The van der Waals surface area contributed by atoms with Crippen molar-refractivity contribution in [3.05, 3.63) is 94.3 Å². The van der Waals surface area contributed by atoms with E-state index in [1.165, 1.54) is 23.3 Å². The Morgan fingerprint density at radius 3 is 2.33 bits per heavy atom. The number of hydrogen-bond donors (Lipinski definition) is 0. The van der Waals surface area contributed by atoms with Crippen LogP contribution in [-0.4, -0.2) is 0 Å². The molecule has 0 saturated carbocycles. The molecule has 3 aromatic carbocycles. The second kappa shape index (κ2) is 7.22. The number of hydrogen-bond acceptors (Lipinski definition) is 0. The molecule has 3 heteroatoms. The molecule has 0 aliphatic heterocycles. The summed E-state index contributed by atoms with van der Waals surface area (Å²) in [6.07, 6.45) is 3.23. The molecule has 0 amide bonds. The molecule has 4 rings (SSSR count). The zero-order valence-corrected chi connectivity index (χ0v) is 15.2. The molecule has 0 spiro atoms. The summed E-state index contributed by atoms with van der Waals surface area (Å²) in [5.41, 5.74) is 4.30. The molecule has 0 saturated heterocycles. The summed E-state index contributed by atoms with van der Waals surface area (Å²) in [7, 11) is 0. The van der Waals surface area contributed by atoms with Crippen LogP contribution in [0.1, 0.15) is 41.5 Å². The summed E-state index contributed by atoms with van der Waals surface area (Å²) >= 11 is 0. The van der Waals surface area contributed by atoms with E-state index < -0.39 is 17.5 Å². The van der Waals surface area contributed by atoms with Gasteiger partial charge in [-0.2, -0.15) is 0 Å². The molecular weight excluding hydrogens is 345 g/mol. The van der Waals surface area contributed by atoms with Crippen LogP contribution in [-0.2, 0) is 19.3 Å². The SMILES string of the molecule is CCc1ccc(C2CCc3c(ccc(-c4cccc(F)c4F)c3F)C2)cc1. The van der Waals surface area contributed by atoms with Crippen molar-refractivity contribution < 1.29 is 13.2 Å². The van der Waals surface area contributed by atoms with E-state index in [9.17, 15) is 8.78 Å². The highest BCUT2D eigenvalue weighted by molar-refractivity contribution is 5.67. The first-order chi connectivity index (χ1) is 13.1. The van der Waals surface area contributed by atoms with E-state index in [1.807, 2.05) is 6.07 Å². The van der Waals surface area contributed by atoms with Gasteiger partial charge in [-0.05, 0) is 59.9 Å². The van der Waals surface area contributed by atoms with Crippen molar-refractivity contribution in [2.75, 3.05) is 0 Å². The van der Waals surface area contributed by atoms with Gasteiger partial charge in [0.1, 0.15) is 5.82 Å². The monoisotopic (exact) mass is 366 g/mol. The van der Waals surface area contributed by atoms with Crippen LogP contribution in [0.15, 0.2) is 54.6 Å². The molecule has 0 N–H and O–H groups in total. The van der Waals surface area contributed by atoms with Crippen molar-refractivity contribution in [3.8, 4) is 11.1 Å². The van der Waals surface area contributed by atoms with Crippen molar-refractivity contribution in [2.24, 2.45) is 0 Å². The highest BCUT2D eigenvalue weighted by atomic mass is 19.2. The Hall–Kier alpha value is -2.55. The fourth-order valence-corrected chi connectivity index (χ4v) is 4.04. The highest BCUT2D eigenvalue weighted by Gasteiger charge is 2.25. The van der Waals surface area contributed by atoms with E-state index in [2.05, 4.69) is 31.2 Å². The predicted molar refractivity (Wildman–Crippen MR) is 102 cm³/mol. The van der Waals surface area contributed by atoms with E-state index in [1.54, 1.807) is 6.07 Å². The largest absolute Gasteiger partial charge is 0.206 e. The third kappa shape index (κ3) is 3.27. The molecule has 1 aliphatic carbocycles. The van der Waals surface area contributed by atoms with Crippen LogP contribution in [0.25, 0.3) is 11.1 Å². The molecule has 27 heavy (non-hydrogen) atoms. The zero-order chi connectivity index (χ0) is 19.0. The Bertz CT molecular complexity index is 974. The lowest BCUT2D eigenvalue weighted by molar-refractivity contribution is 0.509. The molecule has 1 unspecified atom stereocenters. The van der Waals surface area contributed by atoms with Gasteiger partial charge < -0.3 is 0 Å². The maximum atomic E-state index is 15.1. The van der Waals surface area contributed by atoms with Crippen LogP contribution in [0.4, 0.5) is 13.2 Å². The molecule has 1 atom stereocenters. The number of fused-ring (bicyclic) bond motifs is 1. The quantitative estimate of drug-likeness (QED) is 0.489. The maximum absolute atomic E-state index is 15.1. The number of rotatable bonds is 3. The summed E-state index contributed by atoms with van der Waals surface area (Å²) in [4.78, 5) is 0. The maximum Gasteiger partial charge on any atom is 0.166 e. The minimum absolute atomic E-state index is 0.0208. The van der Waals surface area contributed by atoms with Gasteiger partial charge in [0.25, 0.3) is 0 Å². The van der Waals surface area contributed by atoms with Crippen LogP contribution < -0.4 is 0 Å². The summed E-state index contributed by atoms with van der Waals surface area (Å²) in [5.74, 6) is -2.02. The molecule has 138 valence electrons. The van der Waals surface area contributed by atoms with Gasteiger partial charge in [-0.3, -0.25) is 0 Å². The fraction of sp³-hybridized carbons (Fsp3) is 0.250. The van der Waals surface area contributed by atoms with Gasteiger partial charge in [0.15, 0.2) is 11.6 Å². The third-order valence-corrected chi connectivity index (χ3v) is 5.65. The Balaban J connectivity index is 1.66. The van der Waals surface area contributed by atoms with Crippen molar-refractivity contribution in [2.45, 2.75) is 38.5 Å². The molecule has 0 nitrogen and oxygen atoms in total. The van der Waals surface area contributed by atoms with Crippen molar-refractivity contribution in [1.29, 1.82) is 0 Å². The average molecular weight is 366 g/mol. The van der Waals surface area contributed by atoms with Crippen LogP contribution in [0.3, 0.4) is 0 Å². The second-order valence-corrected chi connectivity index (χ2v) is 7.20. The van der Waals surface area contributed by atoms with E-state index >= 15 is 4.39 Å². The van der Waals surface area contributed by atoms with E-state index in [0.717, 1.165) is 30.9 Å². The van der Waals surface area contributed by atoms with E-state index in [-0.39, 0.29) is 11.1 Å². The van der Waals surface area contributed by atoms with Crippen molar-refractivity contribution >= 4 is 0 Å². The summed E-state index contributed by atoms with van der Waals surface area (Å²) in [6.45, 7) is 2.13. The average Bonchev–Trinajstić information content (AvgIpc) is 2.70. The Labute approximate surface area is 157 Å². The fourth-order valence-electron chi connectivity index (χ4n) is 4.04. The number of aryl methyl sites for hydroxylation is 1. The predicted octanol–water partition coefficient (Wildman–Crippen LogP) is 6.61. The summed E-state index contributed by atoms with van der Waals surface area (Å²) in [5, 5.41) is 0. The minimum atomic E-state index is -0.999. The molecule has 0 radical (unpaired) electrons. The van der Waals surface area contributed by atoms with Crippen molar-refractivity contribution in [3.63, 3.8) is 0 Å². The molecule has 0 fully saturated rings. The number of halogens is 3. The number of benzene rings is 3. The van der Waals surface area contributed by atoms with Crippen LogP contribution in [0.2, 0.25) is 0 Å². The van der Waals surface area contributed by atoms with Crippen molar-refractivity contribution in [1.82, 2.24) is 0 Å². The van der Waals surface area contributed by atoms with Gasteiger partial charge in [0.2, 0.25) is 0 Å². The first kappa shape index (κ1) is 17.8. The first-order valence-electron chi connectivity index (χ1n) is 9.42. The second-order valence-electron chi connectivity index (χ2n) is 7.20. The molecule has 0 aromatic heterocycles. The minimum Gasteiger partial charge on any atom is -0.206 e. The molecule has 0 bridgehead atoms. The normalized spacial score (nSPS) is 16.2. The van der Waals surface area contributed by atoms with Gasteiger partial charge >= 0.3 is 0 Å². The van der Waals surface area contributed by atoms with Crippen LogP contribution in [0.5, 0.6) is 0 Å². The van der Waals surface area contributed by atoms with E-state index in [4.69, 9.17) is 0 Å². The Morgan fingerprint density at radius 2 is 1.59 bits per heavy atom. The van der Waals surface area contributed by atoms with Gasteiger partial charge in [0, 0.05) is 11.1 Å². The molecular formula is C24H21F3. The van der Waals surface area contributed by atoms with Crippen LogP contribution >= 0.6 is 0 Å². The lowest BCUT2D eigenvalue weighted by Gasteiger charge is -2.26. The van der Waals surface area contributed by atoms with Gasteiger partial charge in [-0.15, -0.1) is 0 Å².